The molecule has 2 atom stereocenters. The lowest BCUT2D eigenvalue weighted by Crippen LogP contribution is -2.53. The maximum Gasteiger partial charge on any atom is 0.219 e. The van der Waals surface area contributed by atoms with Crippen molar-refractivity contribution in [2.45, 2.75) is 32.7 Å². The average molecular weight is 333 g/mol. The van der Waals surface area contributed by atoms with Crippen molar-refractivity contribution in [2.24, 2.45) is 13.0 Å². The number of hydrogen-bond acceptors (Lipinski definition) is 4. The van der Waals surface area contributed by atoms with Crippen molar-refractivity contribution in [3.63, 3.8) is 0 Å². The molecule has 0 radical (unpaired) electrons. The molecule has 2 fully saturated rings. The molecule has 2 aliphatic rings. The van der Waals surface area contributed by atoms with Gasteiger partial charge in [-0.2, -0.15) is 5.10 Å². The van der Waals surface area contributed by atoms with E-state index in [1.54, 1.807) is 6.92 Å². The van der Waals surface area contributed by atoms with E-state index in [4.69, 9.17) is 0 Å². The maximum absolute atomic E-state index is 11.5. The summed E-state index contributed by atoms with van der Waals surface area (Å²) in [5, 5.41) is 4.24. The summed E-state index contributed by atoms with van der Waals surface area (Å²) in [5.41, 5.74) is 1.33. The summed E-state index contributed by atoms with van der Waals surface area (Å²) < 4.78 is 1.88. The third-order valence-electron chi connectivity index (χ3n) is 5.58. The van der Waals surface area contributed by atoms with Crippen molar-refractivity contribution in [3.05, 3.63) is 18.0 Å². The third kappa shape index (κ3) is 4.16. The maximum atomic E-state index is 11.5. The summed E-state index contributed by atoms with van der Waals surface area (Å²) in [6, 6.07) is 0.650. The van der Waals surface area contributed by atoms with Crippen LogP contribution in [0.4, 0.5) is 0 Å². The van der Waals surface area contributed by atoms with Crippen LogP contribution in [0, 0.1) is 5.92 Å². The van der Waals surface area contributed by atoms with Gasteiger partial charge >= 0.3 is 0 Å². The molecule has 134 valence electrons. The SMILES string of the molecule is CC(=O)N1CCN([C@H]2CN(CCCc3cnn(C)c3)C[C@H]2C)CC1. The summed E-state index contributed by atoms with van der Waals surface area (Å²) in [7, 11) is 1.97. The lowest BCUT2D eigenvalue weighted by molar-refractivity contribution is -0.130. The fourth-order valence-corrected chi connectivity index (χ4v) is 4.18. The van der Waals surface area contributed by atoms with Gasteiger partial charge in [0.15, 0.2) is 0 Å². The summed E-state index contributed by atoms with van der Waals surface area (Å²) in [6.45, 7) is 11.4. The molecule has 0 aliphatic carbocycles. The number of carbonyl (C=O) groups excluding carboxylic acids is 1. The quantitative estimate of drug-likeness (QED) is 0.801. The first-order valence-electron chi connectivity index (χ1n) is 9.22. The minimum Gasteiger partial charge on any atom is -0.340 e. The summed E-state index contributed by atoms with van der Waals surface area (Å²) in [4.78, 5) is 18.7. The highest BCUT2D eigenvalue weighted by Gasteiger charge is 2.35. The van der Waals surface area contributed by atoms with E-state index < -0.39 is 0 Å². The number of piperazine rings is 1. The molecule has 6 nitrogen and oxygen atoms in total. The second-order valence-electron chi connectivity index (χ2n) is 7.47. The van der Waals surface area contributed by atoms with E-state index in [0.717, 1.165) is 32.6 Å². The minimum atomic E-state index is 0.214. The number of aryl methyl sites for hydroxylation is 2. The largest absolute Gasteiger partial charge is 0.340 e. The van der Waals surface area contributed by atoms with Crippen LogP contribution in [0.5, 0.6) is 0 Å². The predicted octanol–water partition coefficient (Wildman–Crippen LogP) is 0.837. The van der Waals surface area contributed by atoms with Crippen LogP contribution in [-0.4, -0.2) is 82.2 Å². The molecule has 2 aliphatic heterocycles. The minimum absolute atomic E-state index is 0.214. The highest BCUT2D eigenvalue weighted by molar-refractivity contribution is 5.73. The molecule has 6 heteroatoms. The Balaban J connectivity index is 1.42. The van der Waals surface area contributed by atoms with E-state index in [9.17, 15) is 4.79 Å². The lowest BCUT2D eigenvalue weighted by Gasteiger charge is -2.39. The van der Waals surface area contributed by atoms with E-state index in [-0.39, 0.29) is 5.91 Å². The molecule has 0 unspecified atom stereocenters. The van der Waals surface area contributed by atoms with Crippen LogP contribution in [0.25, 0.3) is 0 Å². The van der Waals surface area contributed by atoms with Crippen LogP contribution in [0.1, 0.15) is 25.8 Å². The second-order valence-corrected chi connectivity index (χ2v) is 7.47. The molecule has 0 bridgehead atoms. The summed E-state index contributed by atoms with van der Waals surface area (Å²) in [6.07, 6.45) is 6.40. The van der Waals surface area contributed by atoms with Crippen LogP contribution in [-0.2, 0) is 18.3 Å². The number of nitrogens with zero attached hydrogens (tertiary/aromatic N) is 5. The molecular formula is C18H31N5O. The molecule has 1 aromatic heterocycles. The topological polar surface area (TPSA) is 44.6 Å². The van der Waals surface area contributed by atoms with Crippen LogP contribution >= 0.6 is 0 Å². The fourth-order valence-electron chi connectivity index (χ4n) is 4.18. The van der Waals surface area contributed by atoms with Gasteiger partial charge in [-0.05, 0) is 30.9 Å². The van der Waals surface area contributed by atoms with Crippen molar-refractivity contribution in [3.8, 4) is 0 Å². The predicted molar refractivity (Wildman–Crippen MR) is 94.7 cm³/mol. The molecule has 3 rings (SSSR count). The van der Waals surface area contributed by atoms with E-state index in [2.05, 4.69) is 28.0 Å². The molecular weight excluding hydrogens is 302 g/mol. The van der Waals surface area contributed by atoms with Crippen LogP contribution in [0.2, 0.25) is 0 Å². The number of aromatic nitrogens is 2. The normalized spacial score (nSPS) is 26.2. The number of rotatable bonds is 5. The first kappa shape index (κ1) is 17.4. The number of amides is 1. The van der Waals surface area contributed by atoms with Crippen LogP contribution in [0.3, 0.4) is 0 Å². The van der Waals surface area contributed by atoms with Gasteiger partial charge in [0.1, 0.15) is 0 Å². The lowest BCUT2D eigenvalue weighted by atomic mass is 10.0. The Labute approximate surface area is 145 Å². The van der Waals surface area contributed by atoms with Crippen LogP contribution < -0.4 is 0 Å². The Morgan fingerprint density at radius 3 is 2.62 bits per heavy atom. The number of hydrogen-bond donors (Lipinski definition) is 0. The van der Waals surface area contributed by atoms with Crippen molar-refractivity contribution in [1.29, 1.82) is 0 Å². The second kappa shape index (κ2) is 7.66. The zero-order valence-corrected chi connectivity index (χ0v) is 15.3. The monoisotopic (exact) mass is 333 g/mol. The summed E-state index contributed by atoms with van der Waals surface area (Å²) >= 11 is 0. The van der Waals surface area contributed by atoms with Crippen molar-refractivity contribution < 1.29 is 4.79 Å². The van der Waals surface area contributed by atoms with Gasteiger partial charge in [-0.15, -0.1) is 0 Å². The standard InChI is InChI=1S/C18H31N5O/c1-15-12-21(6-4-5-17-11-19-20(3)13-17)14-18(15)23-9-7-22(8-10-23)16(2)24/h11,13,15,18H,4-10,12,14H2,1-3H3/t15-,18+/m1/s1. The molecule has 24 heavy (non-hydrogen) atoms. The van der Waals surface area contributed by atoms with Gasteiger partial charge in [-0.1, -0.05) is 6.92 Å². The van der Waals surface area contributed by atoms with Crippen molar-refractivity contribution >= 4 is 5.91 Å². The molecule has 1 aromatic rings. The van der Waals surface area contributed by atoms with Gasteiger partial charge < -0.3 is 9.80 Å². The Morgan fingerprint density at radius 1 is 1.25 bits per heavy atom. The zero-order chi connectivity index (χ0) is 17.1. The van der Waals surface area contributed by atoms with Gasteiger partial charge in [0.25, 0.3) is 0 Å². The molecule has 2 saturated heterocycles. The Bertz CT molecular complexity index is 549. The summed E-state index contributed by atoms with van der Waals surface area (Å²) in [5.74, 6) is 0.929. The Morgan fingerprint density at radius 2 is 2.00 bits per heavy atom. The zero-order valence-electron chi connectivity index (χ0n) is 15.3. The molecule has 0 aromatic carbocycles. The highest BCUT2D eigenvalue weighted by Crippen LogP contribution is 2.23. The van der Waals surface area contributed by atoms with Gasteiger partial charge in [0.05, 0.1) is 6.20 Å². The highest BCUT2D eigenvalue weighted by atomic mass is 16.2. The van der Waals surface area contributed by atoms with Crippen molar-refractivity contribution in [2.75, 3.05) is 45.8 Å². The van der Waals surface area contributed by atoms with E-state index in [1.165, 1.54) is 31.6 Å². The molecule has 3 heterocycles. The number of carbonyl (C=O) groups is 1. The Hall–Kier alpha value is -1.40. The fraction of sp³-hybridized carbons (Fsp3) is 0.778. The van der Waals surface area contributed by atoms with Crippen molar-refractivity contribution in [1.82, 2.24) is 24.5 Å². The first-order valence-corrected chi connectivity index (χ1v) is 9.22. The van der Waals surface area contributed by atoms with E-state index in [1.807, 2.05) is 22.8 Å². The van der Waals surface area contributed by atoms with E-state index in [0.29, 0.717) is 12.0 Å². The Kier molecular flexibility index (Phi) is 5.56. The molecule has 0 spiro atoms. The molecule has 0 N–H and O–H groups in total. The van der Waals surface area contributed by atoms with Gasteiger partial charge in [-0.3, -0.25) is 14.4 Å². The smallest absolute Gasteiger partial charge is 0.219 e. The average Bonchev–Trinajstić information content (AvgIpc) is 3.13. The van der Waals surface area contributed by atoms with Gasteiger partial charge in [0.2, 0.25) is 5.91 Å². The van der Waals surface area contributed by atoms with Gasteiger partial charge in [-0.25, -0.2) is 0 Å². The molecule has 0 saturated carbocycles. The van der Waals surface area contributed by atoms with Crippen LogP contribution in [0.15, 0.2) is 12.4 Å². The number of likely N-dealkylation sites (tertiary alicyclic amines) is 1. The van der Waals surface area contributed by atoms with Gasteiger partial charge in [0, 0.05) is 65.5 Å². The van der Waals surface area contributed by atoms with E-state index >= 15 is 0 Å². The third-order valence-corrected chi connectivity index (χ3v) is 5.58. The molecule has 1 amide bonds. The first-order chi connectivity index (χ1) is 11.5.